The second kappa shape index (κ2) is 8.26. The van der Waals surface area contributed by atoms with Crippen molar-refractivity contribution >= 4 is 0 Å². The average Bonchev–Trinajstić information content (AvgIpc) is 2.49. The van der Waals surface area contributed by atoms with Crippen molar-refractivity contribution in [2.75, 3.05) is 52.4 Å². The van der Waals surface area contributed by atoms with Crippen LogP contribution in [0.5, 0.6) is 0 Å². The summed E-state index contributed by atoms with van der Waals surface area (Å²) in [5, 5.41) is 0. The predicted octanol–water partition coefficient (Wildman–Crippen LogP) is 3.66. The maximum absolute atomic E-state index is 2.40. The molecule has 0 amide bonds. The highest BCUT2D eigenvalue weighted by atomic mass is 15.4. The molecule has 0 N–H and O–H groups in total. The minimum absolute atomic E-state index is 1.31. The van der Waals surface area contributed by atoms with Crippen LogP contribution >= 0.6 is 0 Å². The maximum atomic E-state index is 2.40. The summed E-state index contributed by atoms with van der Waals surface area (Å²) in [5.41, 5.74) is 0. The van der Waals surface area contributed by atoms with Gasteiger partial charge in [0.05, 0.1) is 52.4 Å². The van der Waals surface area contributed by atoms with Crippen LogP contribution in [0.1, 0.15) is 59.8 Å². The van der Waals surface area contributed by atoms with E-state index in [0.717, 1.165) is 0 Å². The van der Waals surface area contributed by atoms with E-state index in [4.69, 9.17) is 0 Å². The van der Waals surface area contributed by atoms with Crippen LogP contribution in [0.25, 0.3) is 0 Å². The van der Waals surface area contributed by atoms with Crippen LogP contribution in [-0.2, 0) is 0 Å². The molecule has 1 rings (SSSR count). The molecule has 1 fully saturated rings. The molecule has 2 nitrogen and oxygen atoms in total. The maximum Gasteiger partial charge on any atom is 0.0788 e. The smallest absolute Gasteiger partial charge is 0.0788 e. The first kappa shape index (κ1) is 17.0. The topological polar surface area (TPSA) is 0 Å². The summed E-state index contributed by atoms with van der Waals surface area (Å²) in [6.07, 6.45) is 7.27. The number of rotatable bonds is 9. The van der Waals surface area contributed by atoms with Gasteiger partial charge in [0.2, 0.25) is 0 Å². The molecule has 0 spiro atoms. The Kier molecular flexibility index (Phi) is 7.38. The number of hydrogen-bond acceptors (Lipinski definition) is 0. The Bertz CT molecular complexity index is 219. The largest absolute Gasteiger partial charge is 0.324 e. The van der Waals surface area contributed by atoms with Gasteiger partial charge in [0.1, 0.15) is 0 Å². The Hall–Kier alpha value is -0.0800. The van der Waals surface area contributed by atoms with E-state index < -0.39 is 0 Å². The highest BCUT2D eigenvalue weighted by Gasteiger charge is 2.28. The van der Waals surface area contributed by atoms with E-state index in [-0.39, 0.29) is 0 Å². The lowest BCUT2D eigenvalue weighted by Gasteiger charge is -2.41. The van der Waals surface area contributed by atoms with Crippen LogP contribution in [0.4, 0.5) is 0 Å². The lowest BCUT2D eigenvalue weighted by molar-refractivity contribution is -0.934. The van der Waals surface area contributed by atoms with E-state index in [1.54, 1.807) is 0 Å². The molecule has 2 heteroatoms. The van der Waals surface area contributed by atoms with Crippen molar-refractivity contribution in [1.29, 1.82) is 0 Å². The van der Waals surface area contributed by atoms with Gasteiger partial charge in [0, 0.05) is 12.8 Å². The average molecular weight is 271 g/mol. The first-order valence-corrected chi connectivity index (χ1v) is 8.86. The number of quaternary nitrogens is 2. The fourth-order valence-electron chi connectivity index (χ4n) is 3.92. The molecule has 0 unspecified atom stereocenters. The molecular weight excluding hydrogens is 232 g/mol. The van der Waals surface area contributed by atoms with Crippen molar-refractivity contribution in [3.8, 4) is 0 Å². The van der Waals surface area contributed by atoms with Crippen LogP contribution in [0.15, 0.2) is 0 Å². The zero-order chi connectivity index (χ0) is 14.2. The zero-order valence-corrected chi connectivity index (χ0v) is 14.1. The van der Waals surface area contributed by atoms with Gasteiger partial charge in [-0.1, -0.05) is 0 Å². The summed E-state index contributed by atoms with van der Waals surface area (Å²) < 4.78 is 2.75. The molecule has 19 heavy (non-hydrogen) atoms. The first-order valence-electron chi connectivity index (χ1n) is 8.86. The molecule has 114 valence electrons. The molecule has 0 aliphatic carbocycles. The molecule has 1 aliphatic rings. The Morgan fingerprint density at radius 3 is 1.84 bits per heavy atom. The normalized spacial score (nSPS) is 19.6. The van der Waals surface area contributed by atoms with Crippen molar-refractivity contribution < 1.29 is 8.97 Å². The predicted molar refractivity (Wildman–Crippen MR) is 85.2 cm³/mol. The standard InChI is InChI=1S/C17H38N2/c1-5-18(6-2,7-3)14-12-13-17-19(8-4)15-10-9-11-16-19/h5-17H2,1-4H3/q+2. The second-order valence-corrected chi connectivity index (χ2v) is 6.61. The quantitative estimate of drug-likeness (QED) is 0.443. The summed E-state index contributed by atoms with van der Waals surface area (Å²) in [6.45, 7) is 20.5. The van der Waals surface area contributed by atoms with Gasteiger partial charge in [-0.05, 0) is 47.0 Å². The minimum atomic E-state index is 1.31. The van der Waals surface area contributed by atoms with E-state index in [0.29, 0.717) is 0 Å². The minimum Gasteiger partial charge on any atom is -0.324 e. The number of nitrogens with zero attached hydrogens (tertiary/aromatic N) is 2. The summed E-state index contributed by atoms with van der Waals surface area (Å²) in [6, 6.07) is 0. The van der Waals surface area contributed by atoms with Crippen molar-refractivity contribution in [2.24, 2.45) is 0 Å². The molecule has 0 aromatic carbocycles. The van der Waals surface area contributed by atoms with Crippen LogP contribution in [0, 0.1) is 0 Å². The SMILES string of the molecule is CC[N+](CC)(CC)CCCC[N+]1(CC)CCCCC1. The van der Waals surface area contributed by atoms with E-state index >= 15 is 0 Å². The van der Waals surface area contributed by atoms with Gasteiger partial charge in [0.25, 0.3) is 0 Å². The fourth-order valence-corrected chi connectivity index (χ4v) is 3.92. The van der Waals surface area contributed by atoms with Gasteiger partial charge in [-0.2, -0.15) is 0 Å². The monoisotopic (exact) mass is 270 g/mol. The van der Waals surface area contributed by atoms with Gasteiger partial charge in [-0.15, -0.1) is 0 Å². The third-order valence-electron chi connectivity index (χ3n) is 5.96. The van der Waals surface area contributed by atoms with E-state index in [1.807, 2.05) is 0 Å². The highest BCUT2D eigenvalue weighted by molar-refractivity contribution is 4.54. The van der Waals surface area contributed by atoms with Gasteiger partial charge in [-0.25, -0.2) is 0 Å². The van der Waals surface area contributed by atoms with Crippen molar-refractivity contribution in [1.82, 2.24) is 0 Å². The van der Waals surface area contributed by atoms with Crippen molar-refractivity contribution in [2.45, 2.75) is 59.8 Å². The van der Waals surface area contributed by atoms with Gasteiger partial charge in [-0.3, -0.25) is 0 Å². The van der Waals surface area contributed by atoms with E-state index in [2.05, 4.69) is 27.7 Å². The number of likely N-dealkylation sites (tertiary alicyclic amines) is 1. The van der Waals surface area contributed by atoms with Crippen LogP contribution < -0.4 is 0 Å². The Labute approximate surface area is 122 Å². The summed E-state index contributed by atoms with van der Waals surface area (Å²) in [4.78, 5) is 0. The number of piperidine rings is 1. The van der Waals surface area contributed by atoms with Crippen LogP contribution in [0.3, 0.4) is 0 Å². The van der Waals surface area contributed by atoms with Crippen LogP contribution in [0.2, 0.25) is 0 Å². The molecule has 1 saturated heterocycles. The van der Waals surface area contributed by atoms with E-state index in [1.165, 1.54) is 93.4 Å². The van der Waals surface area contributed by atoms with E-state index in [9.17, 15) is 0 Å². The van der Waals surface area contributed by atoms with Gasteiger partial charge < -0.3 is 8.97 Å². The first-order chi connectivity index (χ1) is 9.16. The third kappa shape index (κ3) is 4.75. The fraction of sp³-hybridized carbons (Fsp3) is 1.00. The lowest BCUT2D eigenvalue weighted by Crippen LogP contribution is -2.52. The summed E-state index contributed by atoms with van der Waals surface area (Å²) in [5.74, 6) is 0. The van der Waals surface area contributed by atoms with Gasteiger partial charge in [0.15, 0.2) is 0 Å². The Morgan fingerprint density at radius 2 is 1.37 bits per heavy atom. The Balaban J connectivity index is 2.32. The number of unbranched alkanes of at least 4 members (excludes halogenated alkanes) is 1. The molecule has 0 saturated carbocycles. The molecule has 1 aliphatic heterocycles. The Morgan fingerprint density at radius 1 is 0.789 bits per heavy atom. The molecule has 0 radical (unpaired) electrons. The van der Waals surface area contributed by atoms with Crippen LogP contribution in [-0.4, -0.2) is 61.3 Å². The molecular formula is C17H38N2+2. The second-order valence-electron chi connectivity index (χ2n) is 6.61. The molecule has 0 aromatic heterocycles. The molecule has 0 bridgehead atoms. The van der Waals surface area contributed by atoms with Crippen molar-refractivity contribution in [3.05, 3.63) is 0 Å². The number of hydrogen-bond donors (Lipinski definition) is 0. The zero-order valence-electron chi connectivity index (χ0n) is 14.1. The lowest BCUT2D eigenvalue weighted by atomic mass is 10.1. The molecule has 0 atom stereocenters. The molecule has 1 heterocycles. The van der Waals surface area contributed by atoms with Crippen molar-refractivity contribution in [3.63, 3.8) is 0 Å². The highest BCUT2D eigenvalue weighted by Crippen LogP contribution is 2.20. The summed E-state index contributed by atoms with van der Waals surface area (Å²) >= 11 is 0. The summed E-state index contributed by atoms with van der Waals surface area (Å²) in [7, 11) is 0. The molecule has 0 aromatic rings. The van der Waals surface area contributed by atoms with Gasteiger partial charge >= 0.3 is 0 Å². The third-order valence-corrected chi connectivity index (χ3v) is 5.96.